The van der Waals surface area contributed by atoms with Gasteiger partial charge < -0.3 is 4.90 Å². The van der Waals surface area contributed by atoms with Gasteiger partial charge in [0, 0.05) is 23.6 Å². The normalized spacial score (nSPS) is 15.5. The number of carbonyl (C=O) groups is 1. The van der Waals surface area contributed by atoms with E-state index in [1.54, 1.807) is 0 Å². The Labute approximate surface area is 134 Å². The Bertz CT molecular complexity index is 661. The summed E-state index contributed by atoms with van der Waals surface area (Å²) in [5.41, 5.74) is 0.783. The minimum absolute atomic E-state index is 0.131. The molecule has 1 aliphatic carbocycles. The van der Waals surface area contributed by atoms with Crippen LogP contribution < -0.4 is 0 Å². The highest BCUT2D eigenvalue weighted by Gasteiger charge is 2.20. The maximum Gasteiger partial charge on any atom is 0.253 e. The lowest BCUT2D eigenvalue weighted by atomic mass is 10.0. The van der Waals surface area contributed by atoms with E-state index in [1.807, 2.05) is 42.3 Å². The van der Waals surface area contributed by atoms with Crippen molar-refractivity contribution in [2.45, 2.75) is 25.7 Å². The van der Waals surface area contributed by atoms with Crippen molar-refractivity contribution >= 4 is 32.6 Å². The Balaban J connectivity index is 1.78. The first-order valence-corrected chi connectivity index (χ1v) is 8.37. The second-order valence-electron chi connectivity index (χ2n) is 6.04. The summed E-state index contributed by atoms with van der Waals surface area (Å²) >= 11 is 3.48. The fourth-order valence-electron chi connectivity index (χ4n) is 3.23. The van der Waals surface area contributed by atoms with E-state index < -0.39 is 0 Å². The average molecular weight is 346 g/mol. The van der Waals surface area contributed by atoms with E-state index in [2.05, 4.69) is 22.0 Å². The lowest BCUT2D eigenvalue weighted by Gasteiger charge is -2.21. The molecule has 1 saturated carbocycles. The van der Waals surface area contributed by atoms with Crippen LogP contribution in [0.3, 0.4) is 0 Å². The van der Waals surface area contributed by atoms with Gasteiger partial charge in [0.2, 0.25) is 0 Å². The minimum Gasteiger partial charge on any atom is -0.341 e. The molecule has 3 heteroatoms. The van der Waals surface area contributed by atoms with Crippen LogP contribution in [-0.4, -0.2) is 24.4 Å². The number of carbonyl (C=O) groups excluding carboxylic acids is 1. The molecule has 110 valence electrons. The Morgan fingerprint density at radius 1 is 1.14 bits per heavy atom. The van der Waals surface area contributed by atoms with Gasteiger partial charge in [-0.05, 0) is 53.8 Å². The SMILES string of the molecule is CN(CC1CCCC1)C(=O)c1ccc2cc(Br)ccc2c1. The zero-order valence-electron chi connectivity index (χ0n) is 12.3. The zero-order chi connectivity index (χ0) is 14.8. The van der Waals surface area contributed by atoms with Gasteiger partial charge in [0.15, 0.2) is 0 Å². The van der Waals surface area contributed by atoms with Crippen molar-refractivity contribution in [3.05, 3.63) is 46.4 Å². The predicted molar refractivity (Wildman–Crippen MR) is 90.6 cm³/mol. The fraction of sp³-hybridized carbons (Fsp3) is 0.389. The summed E-state index contributed by atoms with van der Waals surface area (Å²) in [4.78, 5) is 14.4. The summed E-state index contributed by atoms with van der Waals surface area (Å²) in [6.07, 6.45) is 5.17. The van der Waals surface area contributed by atoms with Gasteiger partial charge in [0.05, 0.1) is 0 Å². The van der Waals surface area contributed by atoms with Gasteiger partial charge in [0.25, 0.3) is 5.91 Å². The van der Waals surface area contributed by atoms with Gasteiger partial charge in [0.1, 0.15) is 0 Å². The number of hydrogen-bond acceptors (Lipinski definition) is 1. The highest BCUT2D eigenvalue weighted by atomic mass is 79.9. The summed E-state index contributed by atoms with van der Waals surface area (Å²) in [7, 11) is 1.92. The first-order chi connectivity index (χ1) is 10.1. The molecule has 2 aromatic carbocycles. The number of amides is 1. The molecule has 0 spiro atoms. The zero-order valence-corrected chi connectivity index (χ0v) is 13.9. The lowest BCUT2D eigenvalue weighted by Crippen LogP contribution is -2.31. The van der Waals surface area contributed by atoms with Crippen LogP contribution in [0.15, 0.2) is 40.9 Å². The summed E-state index contributed by atoms with van der Waals surface area (Å²) < 4.78 is 1.06. The molecular formula is C18H20BrNO. The number of rotatable bonds is 3. The van der Waals surface area contributed by atoms with Crippen molar-refractivity contribution in [3.63, 3.8) is 0 Å². The van der Waals surface area contributed by atoms with Crippen LogP contribution in [0, 0.1) is 5.92 Å². The van der Waals surface area contributed by atoms with Crippen molar-refractivity contribution in [2.75, 3.05) is 13.6 Å². The average Bonchev–Trinajstić information content (AvgIpc) is 2.98. The van der Waals surface area contributed by atoms with Gasteiger partial charge in [-0.15, -0.1) is 0 Å². The molecule has 0 unspecified atom stereocenters. The van der Waals surface area contributed by atoms with E-state index in [-0.39, 0.29) is 5.91 Å². The monoisotopic (exact) mass is 345 g/mol. The topological polar surface area (TPSA) is 20.3 Å². The Morgan fingerprint density at radius 2 is 1.81 bits per heavy atom. The first kappa shape index (κ1) is 14.6. The number of nitrogens with zero attached hydrogens (tertiary/aromatic N) is 1. The number of fused-ring (bicyclic) bond motifs is 1. The predicted octanol–water partition coefficient (Wildman–Crippen LogP) is 4.86. The van der Waals surface area contributed by atoms with Gasteiger partial charge >= 0.3 is 0 Å². The van der Waals surface area contributed by atoms with Crippen LogP contribution in [0.1, 0.15) is 36.0 Å². The van der Waals surface area contributed by atoms with Crippen LogP contribution >= 0.6 is 15.9 Å². The van der Waals surface area contributed by atoms with Crippen molar-refractivity contribution in [1.82, 2.24) is 4.90 Å². The van der Waals surface area contributed by atoms with E-state index in [4.69, 9.17) is 0 Å². The fourth-order valence-corrected chi connectivity index (χ4v) is 3.61. The molecule has 3 rings (SSSR count). The lowest BCUT2D eigenvalue weighted by molar-refractivity contribution is 0.0773. The van der Waals surface area contributed by atoms with Gasteiger partial charge in [-0.3, -0.25) is 4.79 Å². The maximum absolute atomic E-state index is 12.6. The van der Waals surface area contributed by atoms with Crippen LogP contribution in [0.5, 0.6) is 0 Å². The largest absolute Gasteiger partial charge is 0.341 e. The van der Waals surface area contributed by atoms with E-state index in [0.29, 0.717) is 5.92 Å². The second kappa shape index (κ2) is 6.18. The highest BCUT2D eigenvalue weighted by Crippen LogP contribution is 2.26. The molecule has 0 heterocycles. The Morgan fingerprint density at radius 3 is 2.57 bits per heavy atom. The summed E-state index contributed by atoms with van der Waals surface area (Å²) in [6, 6.07) is 12.1. The van der Waals surface area contributed by atoms with Crippen molar-refractivity contribution in [2.24, 2.45) is 5.92 Å². The van der Waals surface area contributed by atoms with Crippen molar-refractivity contribution < 1.29 is 4.79 Å². The maximum atomic E-state index is 12.6. The minimum atomic E-state index is 0.131. The number of benzene rings is 2. The standard InChI is InChI=1S/C18H20BrNO/c1-20(12-13-4-2-3-5-13)18(21)16-7-6-15-11-17(19)9-8-14(15)10-16/h6-11,13H,2-5,12H2,1H3. The van der Waals surface area contributed by atoms with Gasteiger partial charge in [-0.2, -0.15) is 0 Å². The molecule has 0 bridgehead atoms. The molecule has 0 aliphatic heterocycles. The molecule has 0 aromatic heterocycles. The van der Waals surface area contributed by atoms with E-state index in [0.717, 1.165) is 27.4 Å². The van der Waals surface area contributed by atoms with E-state index in [9.17, 15) is 4.79 Å². The van der Waals surface area contributed by atoms with E-state index in [1.165, 1.54) is 25.7 Å². The Hall–Kier alpha value is -1.35. The molecule has 1 aliphatic rings. The van der Waals surface area contributed by atoms with Crippen LogP contribution in [0.2, 0.25) is 0 Å². The molecular weight excluding hydrogens is 326 g/mol. The first-order valence-electron chi connectivity index (χ1n) is 7.58. The van der Waals surface area contributed by atoms with Gasteiger partial charge in [-0.1, -0.05) is 40.9 Å². The molecule has 0 saturated heterocycles. The molecule has 1 fully saturated rings. The molecule has 0 radical (unpaired) electrons. The molecule has 2 aromatic rings. The molecule has 0 atom stereocenters. The summed E-state index contributed by atoms with van der Waals surface area (Å²) in [5, 5.41) is 2.26. The van der Waals surface area contributed by atoms with Crippen LogP contribution in [0.4, 0.5) is 0 Å². The second-order valence-corrected chi connectivity index (χ2v) is 6.96. The third-order valence-electron chi connectivity index (χ3n) is 4.40. The van der Waals surface area contributed by atoms with Crippen LogP contribution in [-0.2, 0) is 0 Å². The third-order valence-corrected chi connectivity index (χ3v) is 4.90. The molecule has 21 heavy (non-hydrogen) atoms. The number of hydrogen-bond donors (Lipinski definition) is 0. The summed E-state index contributed by atoms with van der Waals surface area (Å²) in [6.45, 7) is 0.886. The van der Waals surface area contributed by atoms with E-state index >= 15 is 0 Å². The summed E-state index contributed by atoms with van der Waals surface area (Å²) in [5.74, 6) is 0.821. The van der Waals surface area contributed by atoms with Crippen molar-refractivity contribution in [1.29, 1.82) is 0 Å². The Kier molecular flexibility index (Phi) is 4.29. The highest BCUT2D eigenvalue weighted by molar-refractivity contribution is 9.10. The number of halogens is 1. The van der Waals surface area contributed by atoms with Crippen LogP contribution in [0.25, 0.3) is 10.8 Å². The molecule has 0 N–H and O–H groups in total. The van der Waals surface area contributed by atoms with Gasteiger partial charge in [-0.25, -0.2) is 0 Å². The smallest absolute Gasteiger partial charge is 0.253 e. The quantitative estimate of drug-likeness (QED) is 0.777. The molecule has 2 nitrogen and oxygen atoms in total. The molecule has 1 amide bonds. The van der Waals surface area contributed by atoms with Crippen molar-refractivity contribution in [3.8, 4) is 0 Å². The third kappa shape index (κ3) is 3.29.